The lowest BCUT2D eigenvalue weighted by Gasteiger charge is -2.26. The number of anilines is 2. The summed E-state index contributed by atoms with van der Waals surface area (Å²) in [5.41, 5.74) is 10.0. The lowest BCUT2D eigenvalue weighted by molar-refractivity contribution is -0.134. The molecule has 1 aliphatic heterocycles. The fourth-order valence-corrected chi connectivity index (χ4v) is 5.94. The number of carbonyl (C=O) groups excluding carboxylic acids is 1. The van der Waals surface area contributed by atoms with Crippen LogP contribution in [-0.4, -0.2) is 53.7 Å². The fraction of sp³-hybridized carbons (Fsp3) is 0.417. The molecular weight excluding hydrogens is 436 g/mol. The number of fused-ring (bicyclic) bond motifs is 4. The van der Waals surface area contributed by atoms with Crippen molar-refractivity contribution in [1.82, 2.24) is 14.9 Å². The number of nitrogens with one attached hydrogen (secondary N) is 1. The minimum Gasteiger partial charge on any atom is -0.492 e. The van der Waals surface area contributed by atoms with Crippen LogP contribution < -0.4 is 15.8 Å². The zero-order valence-electron chi connectivity index (χ0n) is 18.9. The molecule has 1 unspecified atom stereocenters. The molecule has 172 valence electrons. The van der Waals surface area contributed by atoms with E-state index in [-0.39, 0.29) is 11.8 Å². The number of hydrogen-bond donors (Lipinski definition) is 2. The third-order valence-electron chi connectivity index (χ3n) is 6.32. The van der Waals surface area contributed by atoms with E-state index in [1.54, 1.807) is 22.6 Å². The number of carbonyl (C=O) groups is 1. The molecule has 2 aliphatic rings. The van der Waals surface area contributed by atoms with Crippen LogP contribution in [0.15, 0.2) is 23.5 Å². The van der Waals surface area contributed by atoms with E-state index in [4.69, 9.17) is 10.5 Å². The molecule has 1 aliphatic carbocycles. The zero-order chi connectivity index (χ0) is 22.9. The highest BCUT2D eigenvalue weighted by Gasteiger charge is 2.30. The van der Waals surface area contributed by atoms with Crippen LogP contribution >= 0.6 is 11.3 Å². The van der Waals surface area contributed by atoms with Gasteiger partial charge in [0.05, 0.1) is 24.2 Å². The van der Waals surface area contributed by atoms with Crippen molar-refractivity contribution >= 4 is 45.2 Å². The van der Waals surface area contributed by atoms with Gasteiger partial charge in [-0.3, -0.25) is 9.79 Å². The number of likely N-dealkylation sites (N-methyl/N-ethyl adjacent to an activating group) is 1. The van der Waals surface area contributed by atoms with E-state index in [1.165, 1.54) is 16.0 Å². The van der Waals surface area contributed by atoms with E-state index < -0.39 is 0 Å². The number of ether oxygens (including phenoxy) is 1. The molecule has 2 aromatic heterocycles. The molecule has 1 atom stereocenters. The van der Waals surface area contributed by atoms with Gasteiger partial charge in [-0.15, -0.1) is 11.3 Å². The average Bonchev–Trinajstić information content (AvgIpc) is 3.42. The van der Waals surface area contributed by atoms with Crippen molar-refractivity contribution < 1.29 is 9.53 Å². The van der Waals surface area contributed by atoms with Gasteiger partial charge in [0.25, 0.3) is 0 Å². The van der Waals surface area contributed by atoms with Crippen LogP contribution in [-0.2, 0) is 24.2 Å². The van der Waals surface area contributed by atoms with Crippen molar-refractivity contribution in [3.05, 3.63) is 40.0 Å². The van der Waals surface area contributed by atoms with Gasteiger partial charge in [-0.1, -0.05) is 0 Å². The second kappa shape index (κ2) is 9.07. The Morgan fingerprint density at radius 3 is 3.06 bits per heavy atom. The number of aromatic nitrogens is 2. The highest BCUT2D eigenvalue weighted by Crippen LogP contribution is 2.42. The molecule has 0 saturated heterocycles. The number of rotatable bonds is 7. The molecule has 0 fully saturated rings. The topological polar surface area (TPSA) is 106 Å². The van der Waals surface area contributed by atoms with Crippen LogP contribution in [0.4, 0.5) is 11.5 Å². The van der Waals surface area contributed by atoms with E-state index >= 15 is 0 Å². The largest absolute Gasteiger partial charge is 0.492 e. The van der Waals surface area contributed by atoms with Crippen molar-refractivity contribution in [1.29, 1.82) is 0 Å². The molecule has 0 spiro atoms. The Morgan fingerprint density at radius 2 is 2.24 bits per heavy atom. The number of nitrogens with two attached hydrogens (primary N) is 1. The van der Waals surface area contributed by atoms with Crippen LogP contribution in [0.5, 0.6) is 5.75 Å². The molecule has 5 rings (SSSR count). The third-order valence-corrected chi connectivity index (χ3v) is 7.48. The second-order valence-electron chi connectivity index (χ2n) is 8.47. The van der Waals surface area contributed by atoms with Gasteiger partial charge in [0, 0.05) is 37.1 Å². The molecule has 0 radical (unpaired) electrons. The summed E-state index contributed by atoms with van der Waals surface area (Å²) in [5.74, 6) is 1.74. The Balaban J connectivity index is 1.48. The van der Waals surface area contributed by atoms with Gasteiger partial charge in [-0.25, -0.2) is 9.97 Å². The minimum atomic E-state index is -0.00737. The highest BCUT2D eigenvalue weighted by atomic mass is 32.1. The maximum Gasteiger partial charge on any atom is 0.225 e. The van der Waals surface area contributed by atoms with Crippen LogP contribution in [0, 0.1) is 5.92 Å². The molecule has 1 amide bonds. The van der Waals surface area contributed by atoms with Crippen molar-refractivity contribution in [3.63, 3.8) is 0 Å². The van der Waals surface area contributed by atoms with Crippen LogP contribution in [0.25, 0.3) is 10.2 Å². The van der Waals surface area contributed by atoms with Crippen LogP contribution in [0.3, 0.4) is 0 Å². The third kappa shape index (κ3) is 4.06. The summed E-state index contributed by atoms with van der Waals surface area (Å²) in [5, 5.41) is 4.57. The first-order chi connectivity index (χ1) is 16.1. The van der Waals surface area contributed by atoms with Gasteiger partial charge < -0.3 is 20.7 Å². The van der Waals surface area contributed by atoms with Crippen LogP contribution in [0.1, 0.15) is 34.9 Å². The highest BCUT2D eigenvalue weighted by molar-refractivity contribution is 7.19. The first kappa shape index (κ1) is 21.8. The smallest absolute Gasteiger partial charge is 0.225 e. The minimum absolute atomic E-state index is 0.00737. The Morgan fingerprint density at radius 1 is 1.36 bits per heavy atom. The molecule has 0 saturated carbocycles. The van der Waals surface area contributed by atoms with Gasteiger partial charge in [0.2, 0.25) is 5.91 Å². The predicted octanol–water partition coefficient (Wildman–Crippen LogP) is 3.29. The first-order valence-electron chi connectivity index (χ1n) is 11.4. The van der Waals surface area contributed by atoms with Gasteiger partial charge in [-0.05, 0) is 55.0 Å². The molecule has 8 nitrogen and oxygen atoms in total. The lowest BCUT2D eigenvalue weighted by Crippen LogP contribution is -2.38. The van der Waals surface area contributed by atoms with Gasteiger partial charge in [-0.2, -0.15) is 0 Å². The zero-order valence-corrected chi connectivity index (χ0v) is 19.7. The molecule has 0 bridgehead atoms. The first-order valence-corrected chi connectivity index (χ1v) is 12.2. The number of hydrogen-bond acceptors (Lipinski definition) is 8. The summed E-state index contributed by atoms with van der Waals surface area (Å²) < 4.78 is 5.91. The fourth-order valence-electron chi connectivity index (χ4n) is 4.67. The summed E-state index contributed by atoms with van der Waals surface area (Å²) in [6.07, 6.45) is 5.89. The maximum absolute atomic E-state index is 12.8. The predicted molar refractivity (Wildman–Crippen MR) is 132 cm³/mol. The van der Waals surface area contributed by atoms with E-state index in [0.717, 1.165) is 52.3 Å². The number of nitrogens with zero attached hydrogens (tertiary/aromatic N) is 4. The molecule has 3 aromatic rings. The molecule has 1 aromatic carbocycles. The van der Waals surface area contributed by atoms with E-state index in [2.05, 4.69) is 32.4 Å². The molecule has 3 heterocycles. The average molecular weight is 465 g/mol. The normalized spacial score (nSPS) is 16.5. The summed E-state index contributed by atoms with van der Waals surface area (Å²) in [6, 6.07) is 4.13. The number of thiophene rings is 1. The summed E-state index contributed by atoms with van der Waals surface area (Å²) in [6.45, 7) is 4.31. The number of amides is 1. The van der Waals surface area contributed by atoms with Gasteiger partial charge in [0.15, 0.2) is 0 Å². The van der Waals surface area contributed by atoms with Crippen LogP contribution in [0.2, 0.25) is 0 Å². The summed E-state index contributed by atoms with van der Waals surface area (Å²) >= 11 is 1.67. The van der Waals surface area contributed by atoms with Crippen molar-refractivity contribution in [2.45, 2.75) is 32.7 Å². The van der Waals surface area contributed by atoms with Gasteiger partial charge >= 0.3 is 0 Å². The summed E-state index contributed by atoms with van der Waals surface area (Å²) in [4.78, 5) is 30.3. The van der Waals surface area contributed by atoms with Crippen molar-refractivity contribution in [2.75, 3.05) is 32.1 Å². The Kier molecular flexibility index (Phi) is 5.99. The monoisotopic (exact) mass is 464 g/mol. The maximum atomic E-state index is 12.8. The van der Waals surface area contributed by atoms with Crippen molar-refractivity contribution in [3.8, 4) is 5.75 Å². The molecular formula is C24H28N6O2S. The van der Waals surface area contributed by atoms with E-state index in [1.807, 2.05) is 20.2 Å². The Hall–Kier alpha value is -3.04. The Bertz CT molecular complexity index is 1240. The lowest BCUT2D eigenvalue weighted by atomic mass is 9.87. The molecule has 9 heteroatoms. The molecule has 33 heavy (non-hydrogen) atoms. The van der Waals surface area contributed by atoms with E-state index in [9.17, 15) is 4.79 Å². The number of aliphatic imine (C=N–C) groups is 1. The quantitative estimate of drug-likeness (QED) is 0.556. The van der Waals surface area contributed by atoms with E-state index in [0.29, 0.717) is 26.2 Å². The second-order valence-corrected chi connectivity index (χ2v) is 9.55. The van der Waals surface area contributed by atoms with Crippen molar-refractivity contribution in [2.24, 2.45) is 16.6 Å². The standard InChI is InChI=1S/C24H28N6O2S/c1-3-32-19-9-16-12-26-11-15(16)8-18(19)29-22-21-17-5-4-14(24(31)30(2)7-6-25)10-20(17)33-23(21)28-13-27-22/h8-9,11,13-14H,3-7,10,12,25H2,1-2H3,(H,27,28,29). The summed E-state index contributed by atoms with van der Waals surface area (Å²) in [7, 11) is 1.83. The number of aryl methyl sites for hydroxylation is 1. The SMILES string of the molecule is CCOc1cc2c(cc1Nc1ncnc3sc4c(c13)CCC(C(=O)N(C)CCN)C4)C=NC2. The molecule has 3 N–H and O–H groups in total. The number of benzene rings is 1. The van der Waals surface area contributed by atoms with Gasteiger partial charge in [0.1, 0.15) is 22.7 Å². The Labute approximate surface area is 196 Å².